The maximum absolute atomic E-state index is 10.6. The predicted octanol–water partition coefficient (Wildman–Crippen LogP) is 2.13. The van der Waals surface area contributed by atoms with Gasteiger partial charge < -0.3 is 10.2 Å². The van der Waals surface area contributed by atoms with Crippen LogP contribution >= 0.6 is 0 Å². The molecule has 0 spiro atoms. The Bertz CT molecular complexity index is 189. The molecule has 0 saturated carbocycles. The minimum Gasteiger partial charge on any atom is -0.481 e. The first-order valence-corrected chi connectivity index (χ1v) is 5.02. The molecular formula is C10H18O4. The van der Waals surface area contributed by atoms with Crippen molar-refractivity contribution in [2.75, 3.05) is 0 Å². The van der Waals surface area contributed by atoms with E-state index in [2.05, 4.69) is 0 Å². The Kier molecular flexibility index (Phi) is 6.80. The van der Waals surface area contributed by atoms with E-state index in [1.165, 1.54) is 0 Å². The Morgan fingerprint density at radius 2 is 1.79 bits per heavy atom. The molecule has 0 aromatic heterocycles. The molecule has 2 N–H and O–H groups in total. The molecule has 0 aliphatic rings. The summed E-state index contributed by atoms with van der Waals surface area (Å²) >= 11 is 0. The normalized spacial score (nSPS) is 12.4. The van der Waals surface area contributed by atoms with Gasteiger partial charge >= 0.3 is 11.9 Å². The van der Waals surface area contributed by atoms with Crippen LogP contribution in [0.2, 0.25) is 0 Å². The average Bonchev–Trinajstić information content (AvgIpc) is 2.10. The third-order valence-electron chi connectivity index (χ3n) is 2.29. The molecule has 0 aliphatic carbocycles. The van der Waals surface area contributed by atoms with Crippen molar-refractivity contribution in [2.45, 2.75) is 45.4 Å². The van der Waals surface area contributed by atoms with Gasteiger partial charge in [0.15, 0.2) is 0 Å². The predicted molar refractivity (Wildman–Crippen MR) is 52.1 cm³/mol. The SMILES string of the molecule is CC[C@@H](CCCCCC(=O)O)C(=O)O. The molecule has 82 valence electrons. The fourth-order valence-corrected chi connectivity index (χ4v) is 1.35. The Morgan fingerprint density at radius 1 is 1.14 bits per heavy atom. The molecule has 0 amide bonds. The van der Waals surface area contributed by atoms with Crippen LogP contribution in [0.5, 0.6) is 0 Å². The summed E-state index contributed by atoms with van der Waals surface area (Å²) in [4.78, 5) is 20.8. The van der Waals surface area contributed by atoms with Crippen molar-refractivity contribution in [3.63, 3.8) is 0 Å². The molecule has 0 aromatic carbocycles. The van der Waals surface area contributed by atoms with Crippen molar-refractivity contribution >= 4 is 11.9 Å². The first-order valence-electron chi connectivity index (χ1n) is 5.02. The van der Waals surface area contributed by atoms with Gasteiger partial charge in [0, 0.05) is 6.42 Å². The van der Waals surface area contributed by atoms with Gasteiger partial charge in [0.05, 0.1) is 5.92 Å². The van der Waals surface area contributed by atoms with E-state index in [9.17, 15) is 9.59 Å². The quantitative estimate of drug-likeness (QED) is 0.591. The fourth-order valence-electron chi connectivity index (χ4n) is 1.35. The molecule has 0 bridgehead atoms. The summed E-state index contributed by atoms with van der Waals surface area (Å²) in [5.41, 5.74) is 0. The number of rotatable bonds is 8. The molecule has 0 heterocycles. The van der Waals surface area contributed by atoms with Gasteiger partial charge in [-0.15, -0.1) is 0 Å². The number of carbonyl (C=O) groups is 2. The minimum atomic E-state index is -0.782. The lowest BCUT2D eigenvalue weighted by atomic mass is 9.98. The molecule has 14 heavy (non-hydrogen) atoms. The van der Waals surface area contributed by atoms with Crippen molar-refractivity contribution in [3.8, 4) is 0 Å². The van der Waals surface area contributed by atoms with Crippen LogP contribution in [0.25, 0.3) is 0 Å². The lowest BCUT2D eigenvalue weighted by Crippen LogP contribution is -2.12. The van der Waals surface area contributed by atoms with Crippen molar-refractivity contribution in [2.24, 2.45) is 5.92 Å². The second-order valence-corrected chi connectivity index (χ2v) is 3.44. The van der Waals surface area contributed by atoms with E-state index in [1.54, 1.807) is 0 Å². The summed E-state index contributed by atoms with van der Waals surface area (Å²) in [6.07, 6.45) is 3.74. The van der Waals surface area contributed by atoms with E-state index >= 15 is 0 Å². The monoisotopic (exact) mass is 202 g/mol. The summed E-state index contributed by atoms with van der Waals surface area (Å²) in [7, 11) is 0. The van der Waals surface area contributed by atoms with E-state index in [0.29, 0.717) is 19.3 Å². The Morgan fingerprint density at radius 3 is 2.21 bits per heavy atom. The first-order chi connectivity index (χ1) is 6.57. The van der Waals surface area contributed by atoms with Crippen LogP contribution in [-0.2, 0) is 9.59 Å². The van der Waals surface area contributed by atoms with E-state index in [1.807, 2.05) is 6.92 Å². The summed E-state index contributed by atoms with van der Waals surface area (Å²) in [5.74, 6) is -1.79. The van der Waals surface area contributed by atoms with Crippen molar-refractivity contribution in [3.05, 3.63) is 0 Å². The number of carboxylic acids is 2. The zero-order chi connectivity index (χ0) is 11.0. The van der Waals surface area contributed by atoms with Crippen molar-refractivity contribution in [1.82, 2.24) is 0 Å². The standard InChI is InChI=1S/C10H18O4/c1-2-8(10(13)14)6-4-3-5-7-9(11)12/h8H,2-7H2,1H3,(H,11,12)(H,13,14)/t8-/m0/s1. The van der Waals surface area contributed by atoms with Crippen LogP contribution < -0.4 is 0 Å². The number of aliphatic carboxylic acids is 2. The van der Waals surface area contributed by atoms with Gasteiger partial charge in [0.2, 0.25) is 0 Å². The largest absolute Gasteiger partial charge is 0.481 e. The summed E-state index contributed by atoms with van der Waals surface area (Å²) in [6.45, 7) is 1.86. The summed E-state index contributed by atoms with van der Waals surface area (Å²) in [5, 5.41) is 17.1. The highest BCUT2D eigenvalue weighted by Gasteiger charge is 2.13. The van der Waals surface area contributed by atoms with Gasteiger partial charge in [0.25, 0.3) is 0 Å². The van der Waals surface area contributed by atoms with E-state index < -0.39 is 11.9 Å². The number of hydrogen-bond acceptors (Lipinski definition) is 2. The van der Waals surface area contributed by atoms with Gasteiger partial charge in [-0.3, -0.25) is 9.59 Å². The smallest absolute Gasteiger partial charge is 0.306 e. The van der Waals surface area contributed by atoms with Crippen molar-refractivity contribution < 1.29 is 19.8 Å². The molecule has 1 atom stereocenters. The van der Waals surface area contributed by atoms with E-state index in [4.69, 9.17) is 10.2 Å². The molecule has 4 heteroatoms. The Hall–Kier alpha value is -1.06. The van der Waals surface area contributed by atoms with Crippen LogP contribution in [0.15, 0.2) is 0 Å². The molecule has 0 unspecified atom stereocenters. The van der Waals surface area contributed by atoms with Crippen LogP contribution in [0, 0.1) is 5.92 Å². The van der Waals surface area contributed by atoms with Crippen LogP contribution in [-0.4, -0.2) is 22.2 Å². The van der Waals surface area contributed by atoms with Gasteiger partial charge in [-0.25, -0.2) is 0 Å². The average molecular weight is 202 g/mol. The zero-order valence-corrected chi connectivity index (χ0v) is 8.53. The zero-order valence-electron chi connectivity index (χ0n) is 8.53. The maximum Gasteiger partial charge on any atom is 0.306 e. The van der Waals surface area contributed by atoms with Gasteiger partial charge in [-0.1, -0.05) is 19.8 Å². The molecule has 0 saturated heterocycles. The fraction of sp³-hybridized carbons (Fsp3) is 0.800. The lowest BCUT2D eigenvalue weighted by Gasteiger charge is -2.08. The number of unbranched alkanes of at least 4 members (excludes halogenated alkanes) is 2. The maximum atomic E-state index is 10.6. The third kappa shape index (κ3) is 6.46. The number of hydrogen-bond donors (Lipinski definition) is 2. The van der Waals surface area contributed by atoms with E-state index in [0.717, 1.165) is 12.8 Å². The first kappa shape index (κ1) is 12.9. The Labute approximate surface area is 83.9 Å². The van der Waals surface area contributed by atoms with Crippen LogP contribution in [0.4, 0.5) is 0 Å². The van der Waals surface area contributed by atoms with Crippen molar-refractivity contribution in [1.29, 1.82) is 0 Å². The molecule has 4 nitrogen and oxygen atoms in total. The van der Waals surface area contributed by atoms with Crippen LogP contribution in [0.3, 0.4) is 0 Å². The second-order valence-electron chi connectivity index (χ2n) is 3.44. The van der Waals surface area contributed by atoms with Gasteiger partial charge in [0.1, 0.15) is 0 Å². The summed E-state index contributed by atoms with van der Waals surface area (Å²) < 4.78 is 0. The molecule has 0 radical (unpaired) electrons. The highest BCUT2D eigenvalue weighted by Crippen LogP contribution is 2.14. The van der Waals surface area contributed by atoms with E-state index in [-0.39, 0.29) is 12.3 Å². The molecule has 0 aromatic rings. The second kappa shape index (κ2) is 7.35. The van der Waals surface area contributed by atoms with Crippen LogP contribution in [0.1, 0.15) is 45.4 Å². The topological polar surface area (TPSA) is 74.6 Å². The highest BCUT2D eigenvalue weighted by molar-refractivity contribution is 5.69. The minimum absolute atomic E-state index is 0.184. The highest BCUT2D eigenvalue weighted by atomic mass is 16.4. The van der Waals surface area contributed by atoms with Gasteiger partial charge in [-0.05, 0) is 19.3 Å². The Balaban J connectivity index is 3.42. The van der Waals surface area contributed by atoms with Gasteiger partial charge in [-0.2, -0.15) is 0 Å². The lowest BCUT2D eigenvalue weighted by molar-refractivity contribution is -0.142. The molecule has 0 rings (SSSR count). The summed E-state index contributed by atoms with van der Waals surface area (Å²) in [6, 6.07) is 0. The third-order valence-corrected chi connectivity index (χ3v) is 2.29. The molecule has 0 fully saturated rings. The molecule has 0 aliphatic heterocycles. The number of carboxylic acid groups (broad SMARTS) is 2. The molecular weight excluding hydrogens is 184 g/mol.